The summed E-state index contributed by atoms with van der Waals surface area (Å²) in [6, 6.07) is 8.87. The molecule has 120 valence electrons. The molecule has 0 N–H and O–H groups in total. The third-order valence-electron chi connectivity index (χ3n) is 5.20. The Kier molecular flexibility index (Phi) is 6.96. The van der Waals surface area contributed by atoms with Crippen LogP contribution >= 0.6 is 0 Å². The minimum absolute atomic E-state index is 0.695. The highest BCUT2D eigenvalue weighted by atomic mass is 14.3. The predicted molar refractivity (Wildman–Crippen MR) is 98.9 cm³/mol. The van der Waals surface area contributed by atoms with Crippen LogP contribution in [0, 0.1) is 18.8 Å². The number of aryl methyl sites for hydroxylation is 1. The first-order valence-electron chi connectivity index (χ1n) is 9.15. The number of hydrogen-bond acceptors (Lipinski definition) is 0. The molecule has 1 fully saturated rings. The van der Waals surface area contributed by atoms with Crippen molar-refractivity contribution in [1.29, 1.82) is 0 Å². The second kappa shape index (κ2) is 8.98. The van der Waals surface area contributed by atoms with Gasteiger partial charge < -0.3 is 0 Å². The van der Waals surface area contributed by atoms with Crippen LogP contribution in [0.2, 0.25) is 0 Å². The standard InChI is InChI=1S/C22H32/c1-4-6-15-22(21-16-11-10-12-18(21)3)20(5-2)17-19-13-8-7-9-14-19/h4,6,10-12,15-16,19-20H,5,7-9,13-14,17H2,1-3H3/b6-4+,22-15-. The maximum atomic E-state index is 2.36. The first kappa shape index (κ1) is 17.1. The van der Waals surface area contributed by atoms with Crippen LogP contribution in [-0.4, -0.2) is 0 Å². The maximum Gasteiger partial charge on any atom is -0.0156 e. The van der Waals surface area contributed by atoms with E-state index in [-0.39, 0.29) is 0 Å². The molecular weight excluding hydrogens is 264 g/mol. The van der Waals surface area contributed by atoms with Gasteiger partial charge in [-0.25, -0.2) is 0 Å². The van der Waals surface area contributed by atoms with Crippen LogP contribution in [0.4, 0.5) is 0 Å². The lowest BCUT2D eigenvalue weighted by atomic mass is 9.77. The summed E-state index contributed by atoms with van der Waals surface area (Å²) in [5.41, 5.74) is 4.40. The second-order valence-electron chi connectivity index (χ2n) is 6.81. The van der Waals surface area contributed by atoms with Crippen molar-refractivity contribution < 1.29 is 0 Å². The number of rotatable bonds is 6. The van der Waals surface area contributed by atoms with E-state index in [0.29, 0.717) is 5.92 Å². The lowest BCUT2D eigenvalue weighted by Crippen LogP contribution is -2.13. The number of benzene rings is 1. The lowest BCUT2D eigenvalue weighted by molar-refractivity contribution is 0.309. The molecule has 0 amide bonds. The summed E-state index contributed by atoms with van der Waals surface area (Å²) in [6.07, 6.45) is 16.6. The summed E-state index contributed by atoms with van der Waals surface area (Å²) in [7, 11) is 0. The van der Waals surface area contributed by atoms with Crippen LogP contribution in [0.25, 0.3) is 5.57 Å². The number of allylic oxidation sites excluding steroid dienone is 4. The van der Waals surface area contributed by atoms with Gasteiger partial charge >= 0.3 is 0 Å². The van der Waals surface area contributed by atoms with Crippen LogP contribution in [0.1, 0.15) is 69.9 Å². The molecule has 1 aliphatic carbocycles. The molecule has 0 heterocycles. The normalized spacial score (nSPS) is 18.8. The third kappa shape index (κ3) is 4.60. The van der Waals surface area contributed by atoms with E-state index in [1.165, 1.54) is 56.1 Å². The topological polar surface area (TPSA) is 0 Å². The summed E-state index contributed by atoms with van der Waals surface area (Å²) in [6.45, 7) is 6.70. The highest BCUT2D eigenvalue weighted by Gasteiger charge is 2.21. The first-order chi connectivity index (χ1) is 10.8. The van der Waals surface area contributed by atoms with Gasteiger partial charge in [-0.15, -0.1) is 0 Å². The lowest BCUT2D eigenvalue weighted by Gasteiger charge is -2.28. The van der Waals surface area contributed by atoms with Crippen LogP contribution in [0.15, 0.2) is 42.5 Å². The Balaban J connectivity index is 2.24. The fourth-order valence-electron chi connectivity index (χ4n) is 3.88. The summed E-state index contributed by atoms with van der Waals surface area (Å²) >= 11 is 0. The third-order valence-corrected chi connectivity index (χ3v) is 5.20. The second-order valence-corrected chi connectivity index (χ2v) is 6.81. The molecule has 1 aromatic carbocycles. The van der Waals surface area contributed by atoms with Crippen molar-refractivity contribution in [1.82, 2.24) is 0 Å². The highest BCUT2D eigenvalue weighted by Crippen LogP contribution is 2.37. The summed E-state index contributed by atoms with van der Waals surface area (Å²) in [4.78, 5) is 0. The molecule has 22 heavy (non-hydrogen) atoms. The quantitative estimate of drug-likeness (QED) is 0.498. The van der Waals surface area contributed by atoms with Crippen LogP contribution in [0.3, 0.4) is 0 Å². The Morgan fingerprint density at radius 2 is 1.91 bits per heavy atom. The molecule has 0 heteroatoms. The van der Waals surface area contributed by atoms with Crippen LogP contribution in [-0.2, 0) is 0 Å². The van der Waals surface area contributed by atoms with Gasteiger partial charge in [0.1, 0.15) is 0 Å². The number of hydrogen-bond donors (Lipinski definition) is 0. The zero-order chi connectivity index (χ0) is 15.8. The van der Waals surface area contributed by atoms with Crippen molar-refractivity contribution in [2.45, 2.75) is 65.7 Å². The maximum absolute atomic E-state index is 2.36. The van der Waals surface area contributed by atoms with Gasteiger partial charge in [-0.3, -0.25) is 0 Å². The molecular formula is C22H32. The molecule has 0 radical (unpaired) electrons. The average molecular weight is 296 g/mol. The van der Waals surface area contributed by atoms with E-state index in [4.69, 9.17) is 0 Å². The smallest absolute Gasteiger partial charge is 0.0156 e. The predicted octanol–water partition coefficient (Wildman–Crippen LogP) is 6.95. The molecule has 1 unspecified atom stereocenters. The van der Waals surface area contributed by atoms with E-state index in [0.717, 1.165) is 5.92 Å². The van der Waals surface area contributed by atoms with E-state index in [9.17, 15) is 0 Å². The van der Waals surface area contributed by atoms with Gasteiger partial charge in [0.25, 0.3) is 0 Å². The molecule has 0 saturated heterocycles. The van der Waals surface area contributed by atoms with Crippen molar-refractivity contribution in [3.8, 4) is 0 Å². The van der Waals surface area contributed by atoms with E-state index in [1.807, 2.05) is 0 Å². The van der Waals surface area contributed by atoms with Gasteiger partial charge in [-0.05, 0) is 55.2 Å². The van der Waals surface area contributed by atoms with Gasteiger partial charge in [0.2, 0.25) is 0 Å². The van der Waals surface area contributed by atoms with Crippen molar-refractivity contribution in [2.75, 3.05) is 0 Å². The summed E-state index contributed by atoms with van der Waals surface area (Å²) in [5, 5.41) is 0. The minimum atomic E-state index is 0.695. The Morgan fingerprint density at radius 1 is 1.18 bits per heavy atom. The van der Waals surface area contributed by atoms with Gasteiger partial charge in [-0.2, -0.15) is 0 Å². The first-order valence-corrected chi connectivity index (χ1v) is 9.15. The molecule has 1 aromatic rings. The largest absolute Gasteiger partial charge is 0.0877 e. The van der Waals surface area contributed by atoms with Crippen molar-refractivity contribution >= 4 is 5.57 Å². The molecule has 0 spiro atoms. The average Bonchev–Trinajstić information content (AvgIpc) is 2.56. The zero-order valence-electron chi connectivity index (χ0n) is 14.6. The Labute approximate surface area is 137 Å². The van der Waals surface area contributed by atoms with Gasteiger partial charge in [-0.1, -0.05) is 81.5 Å². The molecule has 0 aromatic heterocycles. The van der Waals surface area contributed by atoms with Gasteiger partial charge in [0.15, 0.2) is 0 Å². The SMILES string of the molecule is C/C=C/C=C(\c1ccccc1C)C(CC)CC1CCCCC1. The van der Waals surface area contributed by atoms with Crippen molar-refractivity contribution in [3.63, 3.8) is 0 Å². The molecule has 1 aliphatic rings. The fourth-order valence-corrected chi connectivity index (χ4v) is 3.88. The molecule has 1 saturated carbocycles. The molecule has 0 aliphatic heterocycles. The summed E-state index contributed by atoms with van der Waals surface area (Å²) < 4.78 is 0. The molecule has 0 nitrogen and oxygen atoms in total. The summed E-state index contributed by atoms with van der Waals surface area (Å²) in [5.74, 6) is 1.64. The van der Waals surface area contributed by atoms with Gasteiger partial charge in [0.05, 0.1) is 0 Å². The van der Waals surface area contributed by atoms with Crippen molar-refractivity contribution in [3.05, 3.63) is 53.6 Å². The van der Waals surface area contributed by atoms with Crippen LogP contribution < -0.4 is 0 Å². The Morgan fingerprint density at radius 3 is 2.55 bits per heavy atom. The Bertz CT molecular complexity index is 501. The van der Waals surface area contributed by atoms with Crippen LogP contribution in [0.5, 0.6) is 0 Å². The van der Waals surface area contributed by atoms with E-state index in [1.54, 1.807) is 5.57 Å². The van der Waals surface area contributed by atoms with E-state index in [2.05, 4.69) is 63.3 Å². The monoisotopic (exact) mass is 296 g/mol. The molecule has 2 rings (SSSR count). The highest BCUT2D eigenvalue weighted by molar-refractivity contribution is 5.71. The zero-order valence-corrected chi connectivity index (χ0v) is 14.6. The van der Waals surface area contributed by atoms with E-state index >= 15 is 0 Å². The van der Waals surface area contributed by atoms with E-state index < -0.39 is 0 Å². The van der Waals surface area contributed by atoms with Crippen molar-refractivity contribution in [2.24, 2.45) is 11.8 Å². The minimum Gasteiger partial charge on any atom is -0.0877 e. The van der Waals surface area contributed by atoms with Gasteiger partial charge in [0, 0.05) is 0 Å². The molecule has 0 bridgehead atoms. The fraction of sp³-hybridized carbons (Fsp3) is 0.545. The molecule has 1 atom stereocenters. The Hall–Kier alpha value is -1.30.